The topological polar surface area (TPSA) is 41.9 Å². The van der Waals surface area contributed by atoms with Gasteiger partial charge in [0.1, 0.15) is 12.4 Å². The molecule has 0 spiro atoms. The second-order valence-electron chi connectivity index (χ2n) is 7.50. The number of carbonyl (C=O) groups excluding carboxylic acids is 1. The molecule has 164 valence electrons. The van der Waals surface area contributed by atoms with Crippen LogP contribution in [0.25, 0.3) is 6.08 Å². The van der Waals surface area contributed by atoms with Gasteiger partial charge in [-0.15, -0.1) is 6.42 Å². The van der Waals surface area contributed by atoms with E-state index in [1.807, 2.05) is 74.5 Å². The van der Waals surface area contributed by atoms with Crippen molar-refractivity contribution in [1.29, 1.82) is 0 Å². The summed E-state index contributed by atoms with van der Waals surface area (Å²) in [6, 6.07) is 21.0. The van der Waals surface area contributed by atoms with Gasteiger partial charge < -0.3 is 4.74 Å². The predicted molar refractivity (Wildman–Crippen MR) is 138 cm³/mol. The van der Waals surface area contributed by atoms with Crippen LogP contribution in [-0.4, -0.2) is 17.7 Å². The van der Waals surface area contributed by atoms with Gasteiger partial charge in [0.2, 0.25) is 0 Å². The highest BCUT2D eigenvalue weighted by atomic mass is 35.5. The van der Waals surface area contributed by atoms with Gasteiger partial charge in [0, 0.05) is 0 Å². The Labute approximate surface area is 202 Å². The molecular weight excluding hydrogens is 452 g/mol. The average molecular weight is 473 g/mol. The number of carbonyl (C=O) groups is 1. The molecular formula is C27H21ClN2O2S. The van der Waals surface area contributed by atoms with Crippen LogP contribution in [-0.2, 0) is 4.79 Å². The number of halogens is 1. The van der Waals surface area contributed by atoms with Crippen LogP contribution in [0.2, 0.25) is 5.02 Å². The van der Waals surface area contributed by atoms with Crippen LogP contribution < -0.4 is 9.64 Å². The Balaban J connectivity index is 1.71. The highest BCUT2D eigenvalue weighted by molar-refractivity contribution is 8.19. The minimum atomic E-state index is -0.140. The Bertz CT molecular complexity index is 1290. The van der Waals surface area contributed by atoms with Crippen LogP contribution in [0.5, 0.6) is 5.75 Å². The lowest BCUT2D eigenvalue weighted by Gasteiger charge is -2.16. The summed E-state index contributed by atoms with van der Waals surface area (Å²) in [7, 11) is 0. The van der Waals surface area contributed by atoms with Crippen molar-refractivity contribution >= 4 is 51.9 Å². The van der Waals surface area contributed by atoms with E-state index in [9.17, 15) is 4.79 Å². The van der Waals surface area contributed by atoms with Crippen molar-refractivity contribution in [3.05, 3.63) is 93.3 Å². The Morgan fingerprint density at radius 2 is 1.73 bits per heavy atom. The van der Waals surface area contributed by atoms with Crippen molar-refractivity contribution in [3.63, 3.8) is 0 Å². The molecule has 1 saturated heterocycles. The number of nitrogens with zero attached hydrogens (tertiary/aromatic N) is 2. The second-order valence-corrected chi connectivity index (χ2v) is 8.92. The normalized spacial score (nSPS) is 15.8. The molecule has 0 unspecified atom stereocenters. The Morgan fingerprint density at radius 3 is 2.36 bits per heavy atom. The van der Waals surface area contributed by atoms with Crippen molar-refractivity contribution in [1.82, 2.24) is 0 Å². The fourth-order valence-corrected chi connectivity index (χ4v) is 4.44. The van der Waals surface area contributed by atoms with Gasteiger partial charge in [-0.05, 0) is 73.6 Å². The molecule has 3 aromatic rings. The maximum Gasteiger partial charge on any atom is 0.271 e. The lowest BCUT2D eigenvalue weighted by Crippen LogP contribution is -2.28. The third-order valence-corrected chi connectivity index (χ3v) is 6.19. The Morgan fingerprint density at radius 1 is 1.06 bits per heavy atom. The molecule has 1 amide bonds. The molecule has 0 bridgehead atoms. The van der Waals surface area contributed by atoms with Crippen LogP contribution in [0.1, 0.15) is 16.7 Å². The standard InChI is InChI=1S/C27H21ClN2O2S/c1-4-15-32-24-14-9-20(16-23(24)28)17-25-26(31)30(22-12-7-19(3)8-13-22)27(33-25)29-21-10-5-18(2)6-11-21/h1,5-14,16-17H,15H2,2-3H3/b25-17-,29-27?. The molecule has 0 N–H and O–H groups in total. The van der Waals surface area contributed by atoms with E-state index in [-0.39, 0.29) is 12.5 Å². The van der Waals surface area contributed by atoms with Gasteiger partial charge in [0.05, 0.1) is 21.3 Å². The van der Waals surface area contributed by atoms with E-state index in [0.717, 1.165) is 28.1 Å². The van der Waals surface area contributed by atoms with E-state index < -0.39 is 0 Å². The maximum atomic E-state index is 13.4. The molecule has 0 aromatic heterocycles. The van der Waals surface area contributed by atoms with Gasteiger partial charge in [0.15, 0.2) is 5.17 Å². The minimum Gasteiger partial charge on any atom is -0.479 e. The van der Waals surface area contributed by atoms with Crippen molar-refractivity contribution in [2.24, 2.45) is 4.99 Å². The van der Waals surface area contributed by atoms with Gasteiger partial charge in [0.25, 0.3) is 5.91 Å². The zero-order valence-corrected chi connectivity index (χ0v) is 19.8. The summed E-state index contributed by atoms with van der Waals surface area (Å²) < 4.78 is 5.42. The largest absolute Gasteiger partial charge is 0.479 e. The number of anilines is 1. The molecule has 3 aromatic carbocycles. The van der Waals surface area contributed by atoms with E-state index in [0.29, 0.717) is 20.8 Å². The number of rotatable bonds is 5. The van der Waals surface area contributed by atoms with Crippen LogP contribution in [0.4, 0.5) is 11.4 Å². The first-order chi connectivity index (χ1) is 15.9. The van der Waals surface area contributed by atoms with Crippen LogP contribution in [0, 0.1) is 26.2 Å². The molecule has 0 saturated carbocycles. The van der Waals surface area contributed by atoms with Crippen LogP contribution >= 0.6 is 23.4 Å². The number of aryl methyl sites for hydroxylation is 2. The summed E-state index contributed by atoms with van der Waals surface area (Å²) in [5, 5.41) is 1.03. The zero-order chi connectivity index (χ0) is 23.4. The number of amides is 1. The molecule has 0 atom stereocenters. The number of benzene rings is 3. The molecule has 1 aliphatic rings. The van der Waals surface area contributed by atoms with Gasteiger partial charge >= 0.3 is 0 Å². The molecule has 0 radical (unpaired) electrons. The predicted octanol–water partition coefficient (Wildman–Crippen LogP) is 6.78. The highest BCUT2D eigenvalue weighted by Gasteiger charge is 2.34. The van der Waals surface area contributed by atoms with Gasteiger partial charge in [-0.3, -0.25) is 9.69 Å². The third-order valence-electron chi connectivity index (χ3n) is 4.92. The lowest BCUT2D eigenvalue weighted by atomic mass is 10.2. The van der Waals surface area contributed by atoms with Crippen molar-refractivity contribution in [3.8, 4) is 18.1 Å². The molecule has 4 rings (SSSR count). The molecule has 1 heterocycles. The smallest absolute Gasteiger partial charge is 0.271 e. The number of amidine groups is 1. The van der Waals surface area contributed by atoms with Crippen molar-refractivity contribution in [2.75, 3.05) is 11.5 Å². The second kappa shape index (κ2) is 9.99. The Kier molecular flexibility index (Phi) is 6.88. The highest BCUT2D eigenvalue weighted by Crippen LogP contribution is 2.38. The number of thioether (sulfide) groups is 1. The molecule has 1 fully saturated rings. The van der Waals surface area contributed by atoms with E-state index in [1.54, 1.807) is 17.0 Å². The molecule has 33 heavy (non-hydrogen) atoms. The van der Waals surface area contributed by atoms with Crippen molar-refractivity contribution in [2.45, 2.75) is 13.8 Å². The lowest BCUT2D eigenvalue weighted by molar-refractivity contribution is -0.113. The summed E-state index contributed by atoms with van der Waals surface area (Å²) >= 11 is 7.66. The Hall–Kier alpha value is -3.46. The quantitative estimate of drug-likeness (QED) is 0.303. The van der Waals surface area contributed by atoms with E-state index in [2.05, 4.69) is 5.92 Å². The van der Waals surface area contributed by atoms with Gasteiger partial charge in [-0.25, -0.2) is 4.99 Å². The first kappa shape index (κ1) is 22.7. The van der Waals surface area contributed by atoms with E-state index in [1.165, 1.54) is 11.8 Å². The summed E-state index contributed by atoms with van der Waals surface area (Å²) in [4.78, 5) is 20.4. The molecule has 1 aliphatic heterocycles. The van der Waals surface area contributed by atoms with Crippen molar-refractivity contribution < 1.29 is 9.53 Å². The SMILES string of the molecule is C#CCOc1ccc(/C=C2\SC(=Nc3ccc(C)cc3)N(c3ccc(C)cc3)C2=O)cc1Cl. The van der Waals surface area contributed by atoms with Crippen LogP contribution in [0.15, 0.2) is 76.6 Å². The number of hydrogen-bond acceptors (Lipinski definition) is 4. The molecule has 4 nitrogen and oxygen atoms in total. The van der Waals surface area contributed by atoms with Gasteiger partial charge in [-0.1, -0.05) is 59.0 Å². The number of terminal acetylenes is 1. The molecule has 0 aliphatic carbocycles. The maximum absolute atomic E-state index is 13.4. The first-order valence-corrected chi connectivity index (χ1v) is 11.5. The summed E-state index contributed by atoms with van der Waals surface area (Å²) in [6.45, 7) is 4.18. The number of aliphatic imine (C=N–C) groups is 1. The monoisotopic (exact) mass is 472 g/mol. The van der Waals surface area contributed by atoms with Gasteiger partial charge in [-0.2, -0.15) is 0 Å². The number of ether oxygens (including phenoxy) is 1. The van der Waals surface area contributed by atoms with E-state index >= 15 is 0 Å². The number of hydrogen-bond donors (Lipinski definition) is 0. The zero-order valence-electron chi connectivity index (χ0n) is 18.2. The van der Waals surface area contributed by atoms with Crippen LogP contribution in [0.3, 0.4) is 0 Å². The molecule has 6 heteroatoms. The average Bonchev–Trinajstić information content (AvgIpc) is 3.10. The third kappa shape index (κ3) is 5.31. The van der Waals surface area contributed by atoms with E-state index in [4.69, 9.17) is 27.8 Å². The fourth-order valence-electron chi connectivity index (χ4n) is 3.19. The summed E-state index contributed by atoms with van der Waals surface area (Å²) in [5.74, 6) is 2.78. The fraction of sp³-hybridized carbons (Fsp3) is 0.111. The summed E-state index contributed by atoms with van der Waals surface area (Å²) in [5.41, 5.74) is 4.60. The first-order valence-electron chi connectivity index (χ1n) is 10.3. The summed E-state index contributed by atoms with van der Waals surface area (Å²) in [6.07, 6.45) is 7.05. The minimum absolute atomic E-state index is 0.138.